The highest BCUT2D eigenvalue weighted by Gasteiger charge is 2.20. The van der Waals surface area contributed by atoms with Crippen molar-refractivity contribution < 1.29 is 4.74 Å². The summed E-state index contributed by atoms with van der Waals surface area (Å²) in [5.74, 6) is 0. The van der Waals surface area contributed by atoms with E-state index in [2.05, 4.69) is 40.6 Å². The van der Waals surface area contributed by atoms with Gasteiger partial charge in [-0.2, -0.15) is 5.10 Å². The average molecular weight is 546 g/mol. The lowest BCUT2D eigenvalue weighted by atomic mass is 10.1. The van der Waals surface area contributed by atoms with Gasteiger partial charge in [0.1, 0.15) is 6.73 Å². The summed E-state index contributed by atoms with van der Waals surface area (Å²) in [4.78, 5) is 30.7. The second-order valence-electron chi connectivity index (χ2n) is 9.58. The van der Waals surface area contributed by atoms with Crippen molar-refractivity contribution in [3.8, 4) is 11.3 Å². The van der Waals surface area contributed by atoms with Crippen molar-refractivity contribution >= 4 is 35.2 Å². The monoisotopic (exact) mass is 544 g/mol. The number of hydrogen-bond acceptors (Lipinski definition) is 5. The molecule has 3 aromatic heterocycles. The lowest BCUT2D eigenvalue weighted by molar-refractivity contribution is 0.0764. The van der Waals surface area contributed by atoms with Crippen LogP contribution in [0.5, 0.6) is 0 Å². The molecule has 0 spiro atoms. The summed E-state index contributed by atoms with van der Waals surface area (Å²) < 4.78 is 12.4. The highest BCUT2D eigenvalue weighted by atomic mass is 79.9. The maximum Gasteiger partial charge on any atom is 0.332 e. The first-order valence-electron chi connectivity index (χ1n) is 11.1. The molecule has 0 atom stereocenters. The van der Waals surface area contributed by atoms with E-state index < -0.39 is 19.3 Å². The van der Waals surface area contributed by atoms with E-state index in [0.29, 0.717) is 28.2 Å². The maximum absolute atomic E-state index is 13.3. The van der Waals surface area contributed by atoms with Crippen LogP contribution < -0.4 is 11.2 Å². The third kappa shape index (κ3) is 4.86. The molecule has 4 aromatic rings. The second kappa shape index (κ2) is 9.47. The van der Waals surface area contributed by atoms with Crippen molar-refractivity contribution in [2.45, 2.75) is 39.0 Å². The molecule has 11 heteroatoms. The number of aromatic nitrogens is 6. The molecule has 180 valence electrons. The highest BCUT2D eigenvalue weighted by molar-refractivity contribution is 9.10. The van der Waals surface area contributed by atoms with Gasteiger partial charge in [-0.3, -0.25) is 13.9 Å². The molecule has 0 unspecified atom stereocenters. The normalized spacial score (nSPS) is 12.1. The Hall–Kier alpha value is -2.76. The van der Waals surface area contributed by atoms with Gasteiger partial charge in [0.05, 0.1) is 17.9 Å². The number of rotatable bonds is 8. The lowest BCUT2D eigenvalue weighted by Gasteiger charge is -2.16. The smallest absolute Gasteiger partial charge is 0.332 e. The van der Waals surface area contributed by atoms with Gasteiger partial charge in [0.2, 0.25) is 0 Å². The molecule has 0 radical (unpaired) electrons. The highest BCUT2D eigenvalue weighted by Crippen LogP contribution is 2.20. The number of fused-ring (bicyclic) bond motifs is 1. The molecule has 0 aliphatic rings. The minimum absolute atomic E-state index is 0.0709. The molecule has 3 heterocycles. The minimum Gasteiger partial charge on any atom is -0.360 e. The lowest BCUT2D eigenvalue weighted by Crippen LogP contribution is -2.40. The SMILES string of the molecule is Cn1c(Br)nc2c1c(=O)n(Cc1cc(-c3ccccc3)nn1COCC[Si](C)(C)C)c(=O)n2C. The van der Waals surface area contributed by atoms with Gasteiger partial charge in [0, 0.05) is 34.3 Å². The van der Waals surface area contributed by atoms with Crippen molar-refractivity contribution in [3.63, 3.8) is 0 Å². The molecule has 0 saturated carbocycles. The molecule has 0 fully saturated rings. The summed E-state index contributed by atoms with van der Waals surface area (Å²) in [6, 6.07) is 12.8. The molecule has 1 aromatic carbocycles. The quantitative estimate of drug-likeness (QED) is 0.192. The van der Waals surface area contributed by atoms with Crippen LogP contribution in [0.4, 0.5) is 0 Å². The Bertz CT molecular complexity index is 1450. The van der Waals surface area contributed by atoms with Crippen LogP contribution in [0.15, 0.2) is 50.7 Å². The molecule has 4 rings (SSSR count). The number of hydrogen-bond donors (Lipinski definition) is 0. The van der Waals surface area contributed by atoms with E-state index in [4.69, 9.17) is 9.84 Å². The van der Waals surface area contributed by atoms with Crippen molar-refractivity contribution in [1.82, 2.24) is 28.5 Å². The van der Waals surface area contributed by atoms with Crippen LogP contribution in [0.2, 0.25) is 25.7 Å². The van der Waals surface area contributed by atoms with Gasteiger partial charge in [-0.15, -0.1) is 0 Å². The van der Waals surface area contributed by atoms with Gasteiger partial charge >= 0.3 is 5.69 Å². The van der Waals surface area contributed by atoms with Gasteiger partial charge < -0.3 is 9.30 Å². The first-order chi connectivity index (χ1) is 16.1. The second-order valence-corrected chi connectivity index (χ2v) is 15.9. The van der Waals surface area contributed by atoms with Crippen LogP contribution in [-0.2, 0) is 32.1 Å². The van der Waals surface area contributed by atoms with Crippen molar-refractivity contribution in [2.24, 2.45) is 14.1 Å². The summed E-state index contributed by atoms with van der Waals surface area (Å²) in [6.07, 6.45) is 0. The molecule has 0 N–H and O–H groups in total. The van der Waals surface area contributed by atoms with E-state index in [0.717, 1.165) is 17.3 Å². The third-order valence-corrected chi connectivity index (χ3v) is 8.18. The summed E-state index contributed by atoms with van der Waals surface area (Å²) in [7, 11) is 2.13. The number of halogens is 1. The zero-order valence-corrected chi connectivity index (χ0v) is 22.7. The third-order valence-electron chi connectivity index (χ3n) is 5.77. The molecule has 0 bridgehead atoms. The Morgan fingerprint density at radius 3 is 2.44 bits per heavy atom. The van der Waals surface area contributed by atoms with E-state index in [-0.39, 0.29) is 13.3 Å². The Morgan fingerprint density at radius 2 is 1.76 bits per heavy atom. The van der Waals surface area contributed by atoms with Crippen molar-refractivity contribution in [2.75, 3.05) is 6.61 Å². The van der Waals surface area contributed by atoms with E-state index >= 15 is 0 Å². The van der Waals surface area contributed by atoms with Gasteiger partial charge in [-0.1, -0.05) is 50.0 Å². The Morgan fingerprint density at radius 1 is 1.06 bits per heavy atom. The van der Waals surface area contributed by atoms with Gasteiger partial charge in [0.15, 0.2) is 15.9 Å². The van der Waals surface area contributed by atoms with E-state index in [9.17, 15) is 9.59 Å². The fraction of sp³-hybridized carbons (Fsp3) is 0.391. The zero-order chi connectivity index (χ0) is 24.6. The zero-order valence-electron chi connectivity index (χ0n) is 20.1. The van der Waals surface area contributed by atoms with Crippen molar-refractivity contribution in [1.29, 1.82) is 0 Å². The topological polar surface area (TPSA) is 88.9 Å². The fourth-order valence-electron chi connectivity index (χ4n) is 3.69. The molecule has 0 saturated heterocycles. The van der Waals surface area contributed by atoms with Gasteiger partial charge in [-0.05, 0) is 28.0 Å². The van der Waals surface area contributed by atoms with Gasteiger partial charge in [-0.25, -0.2) is 14.5 Å². The van der Waals surface area contributed by atoms with Crippen LogP contribution in [-0.4, -0.2) is 43.1 Å². The Labute approximate surface area is 206 Å². The van der Waals surface area contributed by atoms with Gasteiger partial charge in [0.25, 0.3) is 5.56 Å². The summed E-state index contributed by atoms with van der Waals surface area (Å²) in [5.41, 5.74) is 2.30. The van der Waals surface area contributed by atoms with Crippen molar-refractivity contribution in [3.05, 3.63) is 67.7 Å². The number of ether oxygens (including phenoxy) is 1. The standard InChI is InChI=1S/C23H29BrN6O3Si/c1-27-19-20(25-22(27)24)28(2)23(32)29(21(19)31)14-17-13-18(16-9-7-6-8-10-16)26-30(17)15-33-11-12-34(3,4)5/h6-10,13H,11-12,14-15H2,1-5H3. The molecule has 9 nitrogen and oxygen atoms in total. The van der Waals surface area contributed by atoms with Crippen LogP contribution in [0.25, 0.3) is 22.4 Å². The van der Waals surface area contributed by atoms with Crippen LogP contribution in [0.3, 0.4) is 0 Å². The molecule has 0 amide bonds. The molecular weight excluding hydrogens is 516 g/mol. The van der Waals surface area contributed by atoms with E-state index in [1.165, 1.54) is 9.13 Å². The predicted octanol–water partition coefficient (Wildman–Crippen LogP) is 3.42. The minimum atomic E-state index is -1.22. The maximum atomic E-state index is 13.3. The molecule has 0 aliphatic carbocycles. The molecule has 34 heavy (non-hydrogen) atoms. The average Bonchev–Trinajstić information content (AvgIpc) is 3.33. The first kappa shape index (κ1) is 24.4. The first-order valence-corrected chi connectivity index (χ1v) is 15.6. The fourth-order valence-corrected chi connectivity index (χ4v) is 4.79. The summed E-state index contributed by atoms with van der Waals surface area (Å²) in [5, 5.41) is 4.73. The summed E-state index contributed by atoms with van der Waals surface area (Å²) in [6.45, 7) is 7.88. The Kier molecular flexibility index (Phi) is 6.79. The van der Waals surface area contributed by atoms with E-state index in [1.54, 1.807) is 23.3 Å². The molecule has 0 aliphatic heterocycles. The Balaban J connectivity index is 1.74. The van der Waals surface area contributed by atoms with Crippen LogP contribution in [0, 0.1) is 0 Å². The largest absolute Gasteiger partial charge is 0.360 e. The van der Waals surface area contributed by atoms with Crippen LogP contribution in [0.1, 0.15) is 5.69 Å². The number of nitrogens with zero attached hydrogens (tertiary/aromatic N) is 6. The van der Waals surface area contributed by atoms with E-state index in [1.807, 2.05) is 36.4 Å². The predicted molar refractivity (Wildman–Crippen MR) is 139 cm³/mol. The summed E-state index contributed by atoms with van der Waals surface area (Å²) >= 11 is 3.34. The van der Waals surface area contributed by atoms with Crippen LogP contribution >= 0.6 is 15.9 Å². The number of imidazole rings is 1. The number of benzene rings is 1. The number of aryl methyl sites for hydroxylation is 2. The molecular formula is C23H29BrN6O3Si.